The molecule has 1 aromatic rings. The smallest absolute Gasteiger partial charge is 0.229 e. The van der Waals surface area contributed by atoms with E-state index in [1.54, 1.807) is 14.0 Å². The van der Waals surface area contributed by atoms with Crippen LogP contribution >= 0.6 is 11.6 Å². The highest BCUT2D eigenvalue weighted by Gasteiger charge is 2.14. The summed E-state index contributed by atoms with van der Waals surface area (Å²) in [7, 11) is -1.62. The predicted octanol–water partition coefficient (Wildman–Crippen LogP) is 1.51. The lowest BCUT2D eigenvalue weighted by Crippen LogP contribution is -2.28. The molecular weight excluding hydrogens is 302 g/mol. The van der Waals surface area contributed by atoms with Gasteiger partial charge in [-0.25, -0.2) is 8.42 Å². The van der Waals surface area contributed by atoms with E-state index in [1.807, 2.05) is 0 Å². The maximum atomic E-state index is 11.9. The molecule has 1 aromatic carbocycles. The number of carbonyl (C=O) groups excluding carboxylic acids is 1. The van der Waals surface area contributed by atoms with Crippen LogP contribution in [0.4, 0.5) is 11.4 Å². The predicted molar refractivity (Wildman–Crippen MR) is 81.6 cm³/mol. The van der Waals surface area contributed by atoms with Gasteiger partial charge in [-0.05, 0) is 25.2 Å². The molecule has 112 valence electrons. The van der Waals surface area contributed by atoms with Crippen LogP contribution in [0.2, 0.25) is 5.02 Å². The van der Waals surface area contributed by atoms with Crippen molar-refractivity contribution in [1.29, 1.82) is 0 Å². The minimum absolute atomic E-state index is 0.197. The monoisotopic (exact) mass is 319 g/mol. The Hall–Kier alpha value is -1.31. The highest BCUT2D eigenvalue weighted by Crippen LogP contribution is 2.26. The molecule has 0 saturated heterocycles. The SMILES string of the molecule is CNCC(C)C(=O)Nc1cc(NS(C)(=O)=O)ccc1Cl. The quantitative estimate of drug-likeness (QED) is 0.741. The van der Waals surface area contributed by atoms with E-state index in [1.165, 1.54) is 18.2 Å². The van der Waals surface area contributed by atoms with E-state index in [4.69, 9.17) is 11.6 Å². The van der Waals surface area contributed by atoms with Crippen molar-refractivity contribution in [2.24, 2.45) is 5.92 Å². The maximum Gasteiger partial charge on any atom is 0.229 e. The molecule has 1 amide bonds. The minimum Gasteiger partial charge on any atom is -0.324 e. The van der Waals surface area contributed by atoms with Crippen molar-refractivity contribution < 1.29 is 13.2 Å². The number of halogens is 1. The van der Waals surface area contributed by atoms with Crippen molar-refractivity contribution in [1.82, 2.24) is 5.32 Å². The molecule has 0 bridgehead atoms. The number of carbonyl (C=O) groups is 1. The van der Waals surface area contributed by atoms with Crippen molar-refractivity contribution in [2.75, 3.05) is 29.9 Å². The third-order valence-electron chi connectivity index (χ3n) is 2.49. The third kappa shape index (κ3) is 5.36. The largest absolute Gasteiger partial charge is 0.324 e. The van der Waals surface area contributed by atoms with Crippen molar-refractivity contribution in [3.05, 3.63) is 23.2 Å². The van der Waals surface area contributed by atoms with Gasteiger partial charge in [0.1, 0.15) is 0 Å². The normalized spacial score (nSPS) is 12.8. The minimum atomic E-state index is -3.38. The van der Waals surface area contributed by atoms with E-state index < -0.39 is 10.0 Å². The number of hydrogen-bond acceptors (Lipinski definition) is 4. The molecule has 1 unspecified atom stereocenters. The average Bonchev–Trinajstić information content (AvgIpc) is 2.31. The van der Waals surface area contributed by atoms with Crippen molar-refractivity contribution in [3.8, 4) is 0 Å². The lowest BCUT2D eigenvalue weighted by molar-refractivity contribution is -0.119. The zero-order valence-electron chi connectivity index (χ0n) is 11.5. The maximum absolute atomic E-state index is 11.9. The Bertz CT molecular complexity index is 590. The lowest BCUT2D eigenvalue weighted by atomic mass is 10.1. The highest BCUT2D eigenvalue weighted by molar-refractivity contribution is 7.92. The average molecular weight is 320 g/mol. The zero-order chi connectivity index (χ0) is 15.3. The van der Waals surface area contributed by atoms with E-state index in [0.717, 1.165) is 6.26 Å². The first-order valence-corrected chi connectivity index (χ1v) is 8.22. The van der Waals surface area contributed by atoms with Gasteiger partial charge in [0.25, 0.3) is 0 Å². The first kappa shape index (κ1) is 16.7. The molecule has 1 atom stereocenters. The fourth-order valence-electron chi connectivity index (χ4n) is 1.55. The summed E-state index contributed by atoms with van der Waals surface area (Å²) in [6.45, 7) is 2.31. The summed E-state index contributed by atoms with van der Waals surface area (Å²) in [5, 5.41) is 5.92. The summed E-state index contributed by atoms with van der Waals surface area (Å²) in [6.07, 6.45) is 1.05. The Labute approximate surface area is 123 Å². The van der Waals surface area contributed by atoms with Crippen LogP contribution < -0.4 is 15.4 Å². The molecular formula is C12H18ClN3O3S. The molecule has 0 aromatic heterocycles. The summed E-state index contributed by atoms with van der Waals surface area (Å²) in [5.41, 5.74) is 0.710. The number of anilines is 2. The second-order valence-corrected chi connectivity index (χ2v) is 6.67. The van der Waals surface area contributed by atoms with Gasteiger partial charge < -0.3 is 10.6 Å². The summed E-state index contributed by atoms with van der Waals surface area (Å²) in [6, 6.07) is 4.52. The number of hydrogen-bond donors (Lipinski definition) is 3. The van der Waals surface area contributed by atoms with E-state index in [0.29, 0.717) is 22.9 Å². The van der Waals surface area contributed by atoms with E-state index in [2.05, 4.69) is 15.4 Å². The number of rotatable bonds is 6. The van der Waals surface area contributed by atoms with E-state index >= 15 is 0 Å². The highest BCUT2D eigenvalue weighted by atomic mass is 35.5. The number of sulfonamides is 1. The van der Waals surface area contributed by atoms with Gasteiger partial charge in [0.2, 0.25) is 15.9 Å². The fraction of sp³-hybridized carbons (Fsp3) is 0.417. The second kappa shape index (κ2) is 6.92. The third-order valence-corrected chi connectivity index (χ3v) is 3.42. The number of benzene rings is 1. The van der Waals surface area contributed by atoms with Crippen molar-refractivity contribution in [3.63, 3.8) is 0 Å². The lowest BCUT2D eigenvalue weighted by Gasteiger charge is -2.14. The van der Waals surface area contributed by atoms with Gasteiger partial charge in [-0.2, -0.15) is 0 Å². The molecule has 6 nitrogen and oxygen atoms in total. The van der Waals surface area contributed by atoms with E-state index in [-0.39, 0.29) is 11.8 Å². The van der Waals surface area contributed by atoms with Crippen LogP contribution in [0.1, 0.15) is 6.92 Å². The number of amides is 1. The Morgan fingerprint density at radius 1 is 1.40 bits per heavy atom. The fourth-order valence-corrected chi connectivity index (χ4v) is 2.27. The van der Waals surface area contributed by atoms with Crippen LogP contribution in [0.3, 0.4) is 0 Å². The van der Waals surface area contributed by atoms with Crippen LogP contribution in [-0.2, 0) is 14.8 Å². The molecule has 1 rings (SSSR count). The molecule has 0 heterocycles. The summed E-state index contributed by atoms with van der Waals surface area (Å²) < 4.78 is 24.7. The van der Waals surface area contributed by atoms with Crippen LogP contribution in [-0.4, -0.2) is 34.2 Å². The summed E-state index contributed by atoms with van der Waals surface area (Å²) in [4.78, 5) is 11.9. The van der Waals surface area contributed by atoms with Gasteiger partial charge in [0.15, 0.2) is 0 Å². The van der Waals surface area contributed by atoms with Crippen LogP contribution in [0, 0.1) is 5.92 Å². The molecule has 0 aliphatic carbocycles. The molecule has 0 saturated carbocycles. The van der Waals surface area contributed by atoms with Crippen LogP contribution in [0.5, 0.6) is 0 Å². The topological polar surface area (TPSA) is 87.3 Å². The van der Waals surface area contributed by atoms with Gasteiger partial charge in [-0.3, -0.25) is 9.52 Å². The molecule has 3 N–H and O–H groups in total. The van der Waals surface area contributed by atoms with Gasteiger partial charge in [-0.15, -0.1) is 0 Å². The Morgan fingerprint density at radius 2 is 2.05 bits per heavy atom. The van der Waals surface area contributed by atoms with Crippen molar-refractivity contribution >= 4 is 38.9 Å². The molecule has 20 heavy (non-hydrogen) atoms. The molecule has 0 aliphatic rings. The van der Waals surface area contributed by atoms with Gasteiger partial charge in [-0.1, -0.05) is 18.5 Å². The first-order valence-electron chi connectivity index (χ1n) is 5.95. The number of nitrogens with one attached hydrogen (secondary N) is 3. The second-order valence-electron chi connectivity index (χ2n) is 4.52. The van der Waals surface area contributed by atoms with Gasteiger partial charge in [0, 0.05) is 12.5 Å². The summed E-state index contributed by atoms with van der Waals surface area (Å²) >= 11 is 5.99. The Balaban J connectivity index is 2.89. The van der Waals surface area contributed by atoms with Crippen LogP contribution in [0.15, 0.2) is 18.2 Å². The van der Waals surface area contributed by atoms with Gasteiger partial charge >= 0.3 is 0 Å². The van der Waals surface area contributed by atoms with Crippen LogP contribution in [0.25, 0.3) is 0 Å². The molecule has 0 aliphatic heterocycles. The Kier molecular flexibility index (Phi) is 5.79. The molecule has 0 fully saturated rings. The zero-order valence-corrected chi connectivity index (χ0v) is 13.1. The summed E-state index contributed by atoms with van der Waals surface area (Å²) in [5.74, 6) is -0.430. The standard InChI is InChI=1S/C12H18ClN3O3S/c1-8(7-14-2)12(17)15-11-6-9(4-5-10(11)13)16-20(3,18)19/h4-6,8,14,16H,7H2,1-3H3,(H,15,17). The Morgan fingerprint density at radius 3 is 2.60 bits per heavy atom. The van der Waals surface area contributed by atoms with Gasteiger partial charge in [0.05, 0.1) is 22.7 Å². The molecule has 0 radical (unpaired) electrons. The molecule has 8 heteroatoms. The first-order chi connectivity index (χ1) is 9.23. The molecule has 0 spiro atoms. The van der Waals surface area contributed by atoms with Crippen molar-refractivity contribution in [2.45, 2.75) is 6.92 Å². The van der Waals surface area contributed by atoms with E-state index in [9.17, 15) is 13.2 Å².